The lowest BCUT2D eigenvalue weighted by molar-refractivity contribution is 0.0954. The van der Waals surface area contributed by atoms with E-state index in [4.69, 9.17) is 0 Å². The number of nitrogens with zero attached hydrogens (tertiary/aromatic N) is 1. The van der Waals surface area contributed by atoms with Crippen LogP contribution in [0.4, 0.5) is 0 Å². The second kappa shape index (κ2) is 8.65. The van der Waals surface area contributed by atoms with Gasteiger partial charge in [-0.25, -0.2) is 0 Å². The summed E-state index contributed by atoms with van der Waals surface area (Å²) in [5.74, 6) is 0.0201. The van der Waals surface area contributed by atoms with Gasteiger partial charge in [0.05, 0.1) is 8.66 Å². The van der Waals surface area contributed by atoms with E-state index < -0.39 is 0 Å². The molecule has 1 heterocycles. The van der Waals surface area contributed by atoms with Crippen molar-refractivity contribution in [2.24, 2.45) is 0 Å². The number of halogens is 2. The molecular formula is C15H22Br2N2OS. The van der Waals surface area contributed by atoms with Gasteiger partial charge in [-0.05, 0) is 70.8 Å². The highest BCUT2D eigenvalue weighted by Crippen LogP contribution is 2.32. The Morgan fingerprint density at radius 1 is 1.38 bits per heavy atom. The van der Waals surface area contributed by atoms with Crippen molar-refractivity contribution in [3.8, 4) is 0 Å². The van der Waals surface area contributed by atoms with Gasteiger partial charge in [-0.15, -0.1) is 11.3 Å². The highest BCUT2D eigenvalue weighted by atomic mass is 79.9. The second-order valence-electron chi connectivity index (χ2n) is 5.61. The predicted octanol–water partition coefficient (Wildman–Crippen LogP) is 4.66. The molecule has 21 heavy (non-hydrogen) atoms. The monoisotopic (exact) mass is 436 g/mol. The summed E-state index contributed by atoms with van der Waals surface area (Å²) in [5.41, 5.74) is 0. The lowest BCUT2D eigenvalue weighted by Crippen LogP contribution is -2.35. The van der Waals surface area contributed by atoms with Gasteiger partial charge in [0.2, 0.25) is 0 Å². The first-order valence-electron chi connectivity index (χ1n) is 7.51. The van der Waals surface area contributed by atoms with E-state index in [0.717, 1.165) is 38.7 Å². The van der Waals surface area contributed by atoms with Crippen LogP contribution in [0.1, 0.15) is 48.2 Å². The van der Waals surface area contributed by atoms with Crippen LogP contribution in [0.25, 0.3) is 0 Å². The maximum absolute atomic E-state index is 12.0. The molecule has 0 spiro atoms. The molecular weight excluding hydrogens is 416 g/mol. The van der Waals surface area contributed by atoms with Gasteiger partial charge in [0.15, 0.2) is 0 Å². The first-order chi connectivity index (χ1) is 10.1. The number of carbonyl (C=O) groups is 1. The molecule has 3 nitrogen and oxygen atoms in total. The van der Waals surface area contributed by atoms with Crippen LogP contribution in [0.2, 0.25) is 0 Å². The summed E-state index contributed by atoms with van der Waals surface area (Å²) >= 11 is 8.28. The zero-order valence-corrected chi connectivity index (χ0v) is 16.3. The summed E-state index contributed by atoms with van der Waals surface area (Å²) in [5, 5.41) is 3.00. The third-order valence-electron chi connectivity index (χ3n) is 4.04. The van der Waals surface area contributed by atoms with Gasteiger partial charge in [0.25, 0.3) is 5.91 Å². The summed E-state index contributed by atoms with van der Waals surface area (Å²) in [6.45, 7) is 1.80. The summed E-state index contributed by atoms with van der Waals surface area (Å²) < 4.78 is 1.90. The van der Waals surface area contributed by atoms with Crippen LogP contribution in [0.5, 0.6) is 0 Å². The molecule has 1 amide bonds. The van der Waals surface area contributed by atoms with Crippen molar-refractivity contribution in [3.05, 3.63) is 19.2 Å². The molecule has 6 heteroatoms. The summed E-state index contributed by atoms with van der Waals surface area (Å²) in [7, 11) is 2.21. The van der Waals surface area contributed by atoms with E-state index in [-0.39, 0.29) is 5.91 Å². The van der Waals surface area contributed by atoms with Crippen molar-refractivity contribution < 1.29 is 4.79 Å². The summed E-state index contributed by atoms with van der Waals surface area (Å²) in [6.07, 6.45) is 7.81. The molecule has 0 bridgehead atoms. The van der Waals surface area contributed by atoms with Crippen molar-refractivity contribution in [1.82, 2.24) is 10.2 Å². The van der Waals surface area contributed by atoms with Crippen LogP contribution in [0, 0.1) is 0 Å². The van der Waals surface area contributed by atoms with Crippen LogP contribution in [0.15, 0.2) is 14.3 Å². The van der Waals surface area contributed by atoms with Gasteiger partial charge in [-0.3, -0.25) is 4.79 Å². The minimum absolute atomic E-state index is 0.0201. The fraction of sp³-hybridized carbons (Fsp3) is 0.667. The Kier molecular flexibility index (Phi) is 7.19. The van der Waals surface area contributed by atoms with Gasteiger partial charge in [0.1, 0.15) is 0 Å². The third-order valence-corrected chi connectivity index (χ3v) is 7.30. The van der Waals surface area contributed by atoms with Crippen molar-refractivity contribution in [1.29, 1.82) is 0 Å². The fourth-order valence-corrected chi connectivity index (χ4v) is 4.73. The van der Waals surface area contributed by atoms with E-state index in [1.54, 1.807) is 0 Å². The zero-order chi connectivity index (χ0) is 15.2. The number of nitrogens with one attached hydrogen (secondary N) is 1. The third kappa shape index (κ3) is 5.34. The van der Waals surface area contributed by atoms with Gasteiger partial charge >= 0.3 is 0 Å². The molecule has 118 valence electrons. The molecule has 1 aliphatic carbocycles. The highest BCUT2D eigenvalue weighted by molar-refractivity contribution is 9.13. The number of carbonyl (C=O) groups excluding carboxylic acids is 1. The van der Waals surface area contributed by atoms with E-state index in [9.17, 15) is 4.79 Å². The highest BCUT2D eigenvalue weighted by Gasteiger charge is 2.17. The zero-order valence-electron chi connectivity index (χ0n) is 12.3. The molecule has 0 saturated heterocycles. The molecule has 0 unspecified atom stereocenters. The minimum atomic E-state index is 0.0201. The van der Waals surface area contributed by atoms with Gasteiger partial charge in [0, 0.05) is 17.1 Å². The second-order valence-corrected chi connectivity index (χ2v) is 8.84. The number of hydrogen-bond donors (Lipinski definition) is 1. The lowest BCUT2D eigenvalue weighted by Gasteiger charge is -2.31. The Bertz CT molecular complexity index is 453. The number of hydrogen-bond acceptors (Lipinski definition) is 3. The van der Waals surface area contributed by atoms with E-state index in [0.29, 0.717) is 0 Å². The van der Waals surface area contributed by atoms with Crippen LogP contribution in [-0.4, -0.2) is 37.0 Å². The van der Waals surface area contributed by atoms with E-state index in [2.05, 4.69) is 49.1 Å². The number of thiophene rings is 1. The molecule has 0 aliphatic heterocycles. The normalized spacial score (nSPS) is 16.4. The summed E-state index contributed by atoms with van der Waals surface area (Å²) in [4.78, 5) is 15.2. The van der Waals surface area contributed by atoms with Crippen LogP contribution in [-0.2, 0) is 0 Å². The molecule has 0 radical (unpaired) electrons. The Morgan fingerprint density at radius 2 is 2.10 bits per heavy atom. The Hall–Kier alpha value is 0.0900. The largest absolute Gasteiger partial charge is 0.351 e. The molecule has 1 aromatic rings. The van der Waals surface area contributed by atoms with E-state index in [1.165, 1.54) is 43.4 Å². The molecule has 1 aliphatic rings. The lowest BCUT2D eigenvalue weighted by atomic mass is 9.94. The maximum atomic E-state index is 12.0. The van der Waals surface area contributed by atoms with Crippen LogP contribution in [0.3, 0.4) is 0 Å². The Labute approximate surface area is 147 Å². The van der Waals surface area contributed by atoms with Crippen LogP contribution < -0.4 is 5.32 Å². The van der Waals surface area contributed by atoms with E-state index >= 15 is 0 Å². The average molecular weight is 438 g/mol. The summed E-state index contributed by atoms with van der Waals surface area (Å²) in [6, 6.07) is 2.61. The van der Waals surface area contributed by atoms with E-state index in [1.807, 2.05) is 6.07 Å². The Balaban J connectivity index is 1.66. The maximum Gasteiger partial charge on any atom is 0.261 e. The number of amides is 1. The smallest absolute Gasteiger partial charge is 0.261 e. The molecule has 0 atom stereocenters. The number of rotatable bonds is 6. The quantitative estimate of drug-likeness (QED) is 0.656. The first-order valence-corrected chi connectivity index (χ1v) is 9.91. The average Bonchev–Trinajstić information content (AvgIpc) is 2.84. The van der Waals surface area contributed by atoms with Crippen LogP contribution >= 0.6 is 43.2 Å². The Morgan fingerprint density at radius 3 is 2.71 bits per heavy atom. The molecule has 1 saturated carbocycles. The van der Waals surface area contributed by atoms with Crippen molar-refractivity contribution in [2.75, 3.05) is 20.1 Å². The standard InChI is InChI=1S/C15H22Br2N2OS/c1-19(11-6-3-2-4-7-11)9-5-8-18-15(20)13-10-12(16)14(17)21-13/h10-11H,2-9H2,1H3,(H,18,20). The first kappa shape index (κ1) is 17.4. The van der Waals surface area contributed by atoms with Crippen molar-refractivity contribution >= 4 is 49.1 Å². The SMILES string of the molecule is CN(CCCNC(=O)c1cc(Br)c(Br)s1)C1CCCCC1. The predicted molar refractivity (Wildman–Crippen MR) is 96.2 cm³/mol. The molecule has 1 N–H and O–H groups in total. The molecule has 2 rings (SSSR count). The minimum Gasteiger partial charge on any atom is -0.351 e. The van der Waals surface area contributed by atoms with Gasteiger partial charge in [-0.2, -0.15) is 0 Å². The van der Waals surface area contributed by atoms with Gasteiger partial charge < -0.3 is 10.2 Å². The molecule has 0 aromatic carbocycles. The molecule has 1 fully saturated rings. The molecule has 1 aromatic heterocycles. The van der Waals surface area contributed by atoms with Gasteiger partial charge in [-0.1, -0.05) is 19.3 Å². The topological polar surface area (TPSA) is 32.3 Å². The fourth-order valence-electron chi connectivity index (χ4n) is 2.78. The van der Waals surface area contributed by atoms with Crippen molar-refractivity contribution in [3.63, 3.8) is 0 Å². The van der Waals surface area contributed by atoms with Crippen molar-refractivity contribution in [2.45, 2.75) is 44.6 Å².